The Balaban J connectivity index is 1.65. The van der Waals surface area contributed by atoms with E-state index in [1.54, 1.807) is 0 Å². The van der Waals surface area contributed by atoms with Crippen LogP contribution in [0.4, 0.5) is 11.6 Å². The summed E-state index contributed by atoms with van der Waals surface area (Å²) in [5.41, 5.74) is 4.54. The van der Waals surface area contributed by atoms with Crippen LogP contribution in [0.5, 0.6) is 0 Å². The number of benzene rings is 1. The third-order valence-corrected chi connectivity index (χ3v) is 6.32. The SMILES string of the molecule is CN(C)CCNc1nc(N2CCCCC2)c(C#N)c2c1CN(Cc1ccccc1)CC2. The summed E-state index contributed by atoms with van der Waals surface area (Å²) in [6.45, 7) is 6.51. The predicted octanol–water partition coefficient (Wildman–Crippen LogP) is 3.48. The summed E-state index contributed by atoms with van der Waals surface area (Å²) in [7, 11) is 4.17. The minimum atomic E-state index is 0.800. The number of nitrogens with one attached hydrogen (secondary N) is 1. The van der Waals surface area contributed by atoms with Crippen LogP contribution < -0.4 is 10.2 Å². The molecule has 3 heterocycles. The van der Waals surface area contributed by atoms with E-state index >= 15 is 0 Å². The van der Waals surface area contributed by atoms with Crippen LogP contribution in [0.25, 0.3) is 0 Å². The van der Waals surface area contributed by atoms with Crippen molar-refractivity contribution < 1.29 is 0 Å². The molecule has 31 heavy (non-hydrogen) atoms. The fraction of sp³-hybridized carbons (Fsp3) is 0.520. The minimum Gasteiger partial charge on any atom is -0.368 e. The van der Waals surface area contributed by atoms with Crippen molar-refractivity contribution in [3.05, 3.63) is 52.6 Å². The number of nitriles is 1. The van der Waals surface area contributed by atoms with Gasteiger partial charge in [0, 0.05) is 51.4 Å². The Hall–Kier alpha value is -2.62. The van der Waals surface area contributed by atoms with Crippen molar-refractivity contribution in [2.24, 2.45) is 0 Å². The van der Waals surface area contributed by atoms with E-state index in [2.05, 4.69) is 70.5 Å². The molecule has 1 aromatic heterocycles. The van der Waals surface area contributed by atoms with Crippen LogP contribution in [-0.4, -0.2) is 61.6 Å². The maximum Gasteiger partial charge on any atom is 0.149 e. The number of likely N-dealkylation sites (N-methyl/N-ethyl adjacent to an activating group) is 1. The molecular weight excluding hydrogens is 384 g/mol. The van der Waals surface area contributed by atoms with E-state index in [0.717, 1.165) is 69.4 Å². The van der Waals surface area contributed by atoms with Gasteiger partial charge in [0.25, 0.3) is 0 Å². The monoisotopic (exact) mass is 418 g/mol. The number of hydrogen-bond acceptors (Lipinski definition) is 6. The molecular formula is C25H34N6. The van der Waals surface area contributed by atoms with Crippen LogP contribution in [0.1, 0.15) is 41.5 Å². The first-order chi connectivity index (χ1) is 15.2. The summed E-state index contributed by atoms with van der Waals surface area (Å²) in [6.07, 6.45) is 4.53. The number of pyridine rings is 1. The van der Waals surface area contributed by atoms with E-state index in [9.17, 15) is 5.26 Å². The number of fused-ring (bicyclic) bond motifs is 1. The summed E-state index contributed by atoms with van der Waals surface area (Å²) in [5.74, 6) is 1.86. The number of anilines is 2. The lowest BCUT2D eigenvalue weighted by Crippen LogP contribution is -2.35. The fourth-order valence-electron chi connectivity index (χ4n) is 4.65. The second-order valence-electron chi connectivity index (χ2n) is 8.95. The van der Waals surface area contributed by atoms with Crippen molar-refractivity contribution in [2.75, 3.05) is 57.0 Å². The molecule has 6 nitrogen and oxygen atoms in total. The number of nitrogens with zero attached hydrogens (tertiary/aromatic N) is 5. The topological polar surface area (TPSA) is 58.4 Å². The summed E-state index contributed by atoms with van der Waals surface area (Å²) in [5, 5.41) is 13.7. The van der Waals surface area contributed by atoms with E-state index in [1.165, 1.54) is 36.0 Å². The lowest BCUT2D eigenvalue weighted by Gasteiger charge is -2.34. The van der Waals surface area contributed by atoms with Gasteiger partial charge in [-0.3, -0.25) is 4.90 Å². The average molecular weight is 419 g/mol. The number of piperidine rings is 1. The molecule has 0 radical (unpaired) electrons. The molecule has 1 fully saturated rings. The van der Waals surface area contributed by atoms with Crippen LogP contribution in [0.2, 0.25) is 0 Å². The van der Waals surface area contributed by atoms with Crippen LogP contribution in [0.3, 0.4) is 0 Å². The number of rotatable bonds is 7. The molecule has 164 valence electrons. The van der Waals surface area contributed by atoms with Gasteiger partial charge in [-0.15, -0.1) is 0 Å². The van der Waals surface area contributed by atoms with Crippen LogP contribution in [0, 0.1) is 11.3 Å². The highest BCUT2D eigenvalue weighted by atomic mass is 15.2. The molecule has 2 aliphatic rings. The van der Waals surface area contributed by atoms with Gasteiger partial charge >= 0.3 is 0 Å². The molecule has 1 saturated heterocycles. The van der Waals surface area contributed by atoms with Gasteiger partial charge in [0.05, 0.1) is 5.56 Å². The van der Waals surface area contributed by atoms with E-state index < -0.39 is 0 Å². The number of hydrogen-bond donors (Lipinski definition) is 1. The second-order valence-corrected chi connectivity index (χ2v) is 8.95. The van der Waals surface area contributed by atoms with Crippen LogP contribution in [-0.2, 0) is 19.5 Å². The molecule has 0 bridgehead atoms. The third-order valence-electron chi connectivity index (χ3n) is 6.32. The lowest BCUT2D eigenvalue weighted by molar-refractivity contribution is 0.245. The fourth-order valence-corrected chi connectivity index (χ4v) is 4.65. The maximum absolute atomic E-state index is 10.1. The van der Waals surface area contributed by atoms with Crippen LogP contribution >= 0.6 is 0 Å². The molecule has 0 saturated carbocycles. The second kappa shape index (κ2) is 10.1. The van der Waals surface area contributed by atoms with Gasteiger partial charge in [-0.1, -0.05) is 30.3 Å². The van der Waals surface area contributed by atoms with Crippen molar-refractivity contribution in [3.8, 4) is 6.07 Å². The minimum absolute atomic E-state index is 0.800. The predicted molar refractivity (Wildman–Crippen MR) is 126 cm³/mol. The van der Waals surface area contributed by atoms with Gasteiger partial charge in [-0.2, -0.15) is 5.26 Å². The Morgan fingerprint density at radius 2 is 1.84 bits per heavy atom. The highest BCUT2D eigenvalue weighted by Gasteiger charge is 2.28. The maximum atomic E-state index is 10.1. The van der Waals surface area contributed by atoms with E-state index in [-0.39, 0.29) is 0 Å². The third kappa shape index (κ3) is 5.17. The average Bonchev–Trinajstić information content (AvgIpc) is 2.80. The Morgan fingerprint density at radius 1 is 1.06 bits per heavy atom. The van der Waals surface area contributed by atoms with Gasteiger partial charge in [0.15, 0.2) is 0 Å². The Morgan fingerprint density at radius 3 is 2.55 bits per heavy atom. The Kier molecular flexibility index (Phi) is 7.06. The largest absolute Gasteiger partial charge is 0.368 e. The Labute approximate surface area is 186 Å². The summed E-state index contributed by atoms with van der Waals surface area (Å²) < 4.78 is 0. The van der Waals surface area contributed by atoms with E-state index in [4.69, 9.17) is 4.98 Å². The molecule has 6 heteroatoms. The van der Waals surface area contributed by atoms with Crippen molar-refractivity contribution in [3.63, 3.8) is 0 Å². The lowest BCUT2D eigenvalue weighted by atomic mass is 9.94. The van der Waals surface area contributed by atoms with Crippen molar-refractivity contribution in [1.82, 2.24) is 14.8 Å². The summed E-state index contributed by atoms with van der Waals surface area (Å²) in [4.78, 5) is 12.0. The molecule has 1 N–H and O–H groups in total. The normalized spacial score (nSPS) is 16.8. The molecule has 2 aromatic rings. The molecule has 0 unspecified atom stereocenters. The zero-order chi connectivity index (χ0) is 21.6. The standard InChI is InChI=1S/C25H34N6/c1-29(2)16-12-27-24-23-19-30(18-20-9-5-3-6-10-20)15-11-21(23)22(17-26)25(28-24)31-13-7-4-8-14-31/h3,5-6,9-10H,4,7-8,11-16,18-19H2,1-2H3,(H,27,28). The Bertz CT molecular complexity index is 912. The van der Waals surface area contributed by atoms with Gasteiger partial charge in [-0.05, 0) is 50.9 Å². The zero-order valence-electron chi connectivity index (χ0n) is 18.9. The molecule has 2 aliphatic heterocycles. The van der Waals surface area contributed by atoms with Gasteiger partial charge < -0.3 is 15.1 Å². The highest BCUT2D eigenvalue weighted by Crippen LogP contribution is 2.34. The van der Waals surface area contributed by atoms with E-state index in [0.29, 0.717) is 0 Å². The quantitative estimate of drug-likeness (QED) is 0.743. The summed E-state index contributed by atoms with van der Waals surface area (Å²) in [6, 6.07) is 13.2. The van der Waals surface area contributed by atoms with Gasteiger partial charge in [0.1, 0.15) is 17.7 Å². The first kappa shape index (κ1) is 21.6. The van der Waals surface area contributed by atoms with Crippen molar-refractivity contribution in [2.45, 2.75) is 38.8 Å². The molecule has 1 aromatic carbocycles. The molecule has 0 aliphatic carbocycles. The van der Waals surface area contributed by atoms with Crippen molar-refractivity contribution >= 4 is 11.6 Å². The molecule has 0 atom stereocenters. The van der Waals surface area contributed by atoms with Gasteiger partial charge in [-0.25, -0.2) is 4.98 Å². The number of aromatic nitrogens is 1. The smallest absolute Gasteiger partial charge is 0.149 e. The molecule has 0 spiro atoms. The molecule has 0 amide bonds. The highest BCUT2D eigenvalue weighted by molar-refractivity contribution is 5.67. The van der Waals surface area contributed by atoms with Gasteiger partial charge in [0.2, 0.25) is 0 Å². The zero-order valence-corrected chi connectivity index (χ0v) is 18.9. The van der Waals surface area contributed by atoms with Crippen LogP contribution in [0.15, 0.2) is 30.3 Å². The van der Waals surface area contributed by atoms with Crippen molar-refractivity contribution in [1.29, 1.82) is 5.26 Å². The summed E-state index contributed by atoms with van der Waals surface area (Å²) >= 11 is 0. The molecule has 4 rings (SSSR count). The van der Waals surface area contributed by atoms with E-state index in [1.807, 2.05) is 0 Å². The first-order valence-corrected chi connectivity index (χ1v) is 11.5. The first-order valence-electron chi connectivity index (χ1n) is 11.5.